The molecule has 0 unspecified atom stereocenters. The number of hydrogen-bond donors (Lipinski definition) is 1. The molecule has 0 aliphatic rings. The van der Waals surface area contributed by atoms with Crippen LogP contribution in [0.5, 0.6) is 0 Å². The fourth-order valence-electron chi connectivity index (χ4n) is 1.80. The average molecular weight is 406 g/mol. The van der Waals surface area contributed by atoms with Crippen LogP contribution in [-0.4, -0.2) is 21.2 Å². The lowest BCUT2D eigenvalue weighted by atomic mass is 10.2. The molecule has 0 atom stereocenters. The summed E-state index contributed by atoms with van der Waals surface area (Å²) in [7, 11) is 0. The highest BCUT2D eigenvalue weighted by molar-refractivity contribution is 9.10. The van der Waals surface area contributed by atoms with Crippen LogP contribution in [0.15, 0.2) is 35.2 Å². The summed E-state index contributed by atoms with van der Waals surface area (Å²) < 4.78 is 44.4. The summed E-state index contributed by atoms with van der Waals surface area (Å²) in [6.45, 7) is 5.22. The van der Waals surface area contributed by atoms with E-state index < -0.39 is 23.6 Å². The van der Waals surface area contributed by atoms with Crippen molar-refractivity contribution in [3.63, 3.8) is 0 Å². The first-order valence-electron chi connectivity index (χ1n) is 6.88. The number of imidazole rings is 1. The summed E-state index contributed by atoms with van der Waals surface area (Å²) in [5.74, 6) is 0. The minimum absolute atomic E-state index is 0.0303. The smallest absolute Gasteiger partial charge is 0.434 e. The summed E-state index contributed by atoms with van der Waals surface area (Å²) in [4.78, 5) is 15.1. The zero-order valence-electron chi connectivity index (χ0n) is 13.1. The Morgan fingerprint density at radius 1 is 1.21 bits per heavy atom. The standard InChI is InChI=1S/C15H15BrF3N3O2/c1-14(2,3)24-13(23)20-9-4-6-10(7-5-9)22-8-11(15(17,18)19)21-12(22)16/h4-8H,1-3H3,(H,20,23). The van der Waals surface area contributed by atoms with Crippen molar-refractivity contribution >= 4 is 27.7 Å². The summed E-state index contributed by atoms with van der Waals surface area (Å²) >= 11 is 3.00. The SMILES string of the molecule is CC(C)(C)OC(=O)Nc1ccc(-n2cc(C(F)(F)F)nc2Br)cc1. The maximum Gasteiger partial charge on any atom is 0.434 e. The molecule has 1 amide bonds. The minimum Gasteiger partial charge on any atom is -0.444 e. The Kier molecular flexibility index (Phi) is 4.93. The third kappa shape index (κ3) is 4.73. The van der Waals surface area contributed by atoms with E-state index in [0.717, 1.165) is 6.20 Å². The molecule has 0 spiro atoms. The molecule has 2 aromatic rings. The lowest BCUT2D eigenvalue weighted by molar-refractivity contribution is -0.141. The lowest BCUT2D eigenvalue weighted by Crippen LogP contribution is -2.27. The van der Waals surface area contributed by atoms with Crippen LogP contribution < -0.4 is 5.32 Å². The van der Waals surface area contributed by atoms with Crippen LogP contribution in [0.4, 0.5) is 23.7 Å². The van der Waals surface area contributed by atoms with Gasteiger partial charge in [-0.3, -0.25) is 9.88 Å². The number of alkyl halides is 3. The van der Waals surface area contributed by atoms with Crippen LogP contribution >= 0.6 is 15.9 Å². The second-order valence-corrected chi connectivity index (χ2v) is 6.65. The van der Waals surface area contributed by atoms with Crippen LogP contribution in [0.1, 0.15) is 26.5 Å². The van der Waals surface area contributed by atoms with E-state index in [-0.39, 0.29) is 4.73 Å². The number of ether oxygens (including phenoxy) is 1. The number of hydrogen-bond acceptors (Lipinski definition) is 3. The van der Waals surface area contributed by atoms with Gasteiger partial charge in [-0.2, -0.15) is 13.2 Å². The second-order valence-electron chi connectivity index (χ2n) is 5.94. The molecule has 1 aromatic carbocycles. The Morgan fingerprint density at radius 3 is 2.25 bits per heavy atom. The highest BCUT2D eigenvalue weighted by atomic mass is 79.9. The van der Waals surface area contributed by atoms with E-state index in [2.05, 4.69) is 26.2 Å². The van der Waals surface area contributed by atoms with E-state index in [4.69, 9.17) is 4.74 Å². The summed E-state index contributed by atoms with van der Waals surface area (Å²) in [6, 6.07) is 6.22. The molecule has 24 heavy (non-hydrogen) atoms. The summed E-state index contributed by atoms with van der Waals surface area (Å²) in [5.41, 5.74) is -0.704. The van der Waals surface area contributed by atoms with Crippen LogP contribution in [-0.2, 0) is 10.9 Å². The first-order chi connectivity index (χ1) is 11.0. The van der Waals surface area contributed by atoms with Crippen LogP contribution in [0.2, 0.25) is 0 Å². The average Bonchev–Trinajstić information content (AvgIpc) is 2.79. The van der Waals surface area contributed by atoms with Gasteiger partial charge in [0.2, 0.25) is 0 Å². The molecule has 130 valence electrons. The summed E-state index contributed by atoms with van der Waals surface area (Å²) in [5, 5.41) is 2.54. The van der Waals surface area contributed by atoms with Gasteiger partial charge in [0.1, 0.15) is 5.60 Å². The number of halogens is 4. The first-order valence-corrected chi connectivity index (χ1v) is 7.67. The minimum atomic E-state index is -4.52. The maximum atomic E-state index is 12.7. The number of carbonyl (C=O) groups excluding carboxylic acids is 1. The fraction of sp³-hybridized carbons (Fsp3) is 0.333. The molecule has 1 heterocycles. The van der Waals surface area contributed by atoms with Crippen molar-refractivity contribution in [3.05, 3.63) is 40.9 Å². The largest absolute Gasteiger partial charge is 0.444 e. The highest BCUT2D eigenvalue weighted by Crippen LogP contribution is 2.31. The molecule has 0 aliphatic carbocycles. The Hall–Kier alpha value is -2.03. The van der Waals surface area contributed by atoms with Crippen molar-refractivity contribution < 1.29 is 22.7 Å². The number of amides is 1. The topological polar surface area (TPSA) is 56.1 Å². The number of nitrogens with zero attached hydrogens (tertiary/aromatic N) is 2. The Morgan fingerprint density at radius 2 is 1.79 bits per heavy atom. The molecule has 0 aliphatic heterocycles. The zero-order chi connectivity index (χ0) is 18.1. The van der Waals surface area contributed by atoms with Crippen molar-refractivity contribution in [2.45, 2.75) is 32.5 Å². The molecule has 2 rings (SSSR count). The molecule has 0 saturated carbocycles. The van der Waals surface area contributed by atoms with Crippen LogP contribution in [0.3, 0.4) is 0 Å². The van der Waals surface area contributed by atoms with Gasteiger partial charge in [-0.1, -0.05) is 0 Å². The highest BCUT2D eigenvalue weighted by Gasteiger charge is 2.34. The normalized spacial score (nSPS) is 12.1. The number of benzene rings is 1. The Bertz CT molecular complexity index is 734. The molecule has 0 radical (unpaired) electrons. The predicted molar refractivity (Wildman–Crippen MR) is 86.1 cm³/mol. The maximum absolute atomic E-state index is 12.7. The monoisotopic (exact) mass is 405 g/mol. The second kappa shape index (κ2) is 6.46. The van der Waals surface area contributed by atoms with Crippen molar-refractivity contribution in [1.82, 2.24) is 9.55 Å². The van der Waals surface area contributed by atoms with Crippen LogP contribution in [0.25, 0.3) is 5.69 Å². The molecule has 0 saturated heterocycles. The number of aromatic nitrogens is 2. The molecule has 0 bridgehead atoms. The van der Waals surface area contributed by atoms with Gasteiger partial charge in [-0.05, 0) is 61.0 Å². The van der Waals surface area contributed by atoms with Gasteiger partial charge < -0.3 is 4.74 Å². The number of carbonyl (C=O) groups is 1. The molecule has 1 N–H and O–H groups in total. The van der Waals surface area contributed by atoms with Gasteiger partial charge in [0, 0.05) is 17.6 Å². The molecule has 9 heteroatoms. The summed E-state index contributed by atoms with van der Waals surface area (Å²) in [6.07, 6.45) is -4.25. The lowest BCUT2D eigenvalue weighted by Gasteiger charge is -2.19. The van der Waals surface area contributed by atoms with Crippen molar-refractivity contribution in [1.29, 1.82) is 0 Å². The zero-order valence-corrected chi connectivity index (χ0v) is 14.7. The number of nitrogens with one attached hydrogen (secondary N) is 1. The van der Waals surface area contributed by atoms with Gasteiger partial charge in [0.15, 0.2) is 10.4 Å². The van der Waals surface area contributed by atoms with Gasteiger partial charge in [0.05, 0.1) is 0 Å². The number of anilines is 1. The van der Waals surface area contributed by atoms with E-state index in [1.807, 2.05) is 0 Å². The van der Waals surface area contributed by atoms with Crippen molar-refractivity contribution in [3.8, 4) is 5.69 Å². The van der Waals surface area contributed by atoms with Crippen LogP contribution in [0, 0.1) is 0 Å². The van der Waals surface area contributed by atoms with E-state index in [0.29, 0.717) is 11.4 Å². The molecular weight excluding hydrogens is 391 g/mol. The van der Waals surface area contributed by atoms with Gasteiger partial charge in [-0.15, -0.1) is 0 Å². The molecular formula is C15H15BrF3N3O2. The van der Waals surface area contributed by atoms with Gasteiger partial charge >= 0.3 is 12.3 Å². The molecule has 1 aromatic heterocycles. The van der Waals surface area contributed by atoms with Gasteiger partial charge in [0.25, 0.3) is 0 Å². The third-order valence-electron chi connectivity index (χ3n) is 2.74. The van der Waals surface area contributed by atoms with E-state index >= 15 is 0 Å². The predicted octanol–water partition coefficient (Wildman–Crippen LogP) is 5.00. The third-order valence-corrected chi connectivity index (χ3v) is 3.30. The van der Waals surface area contributed by atoms with E-state index in [1.165, 1.54) is 4.57 Å². The first kappa shape index (κ1) is 18.3. The number of rotatable bonds is 2. The molecule has 5 nitrogen and oxygen atoms in total. The fourth-order valence-corrected chi connectivity index (χ4v) is 2.30. The van der Waals surface area contributed by atoms with Crippen molar-refractivity contribution in [2.24, 2.45) is 0 Å². The van der Waals surface area contributed by atoms with E-state index in [1.54, 1.807) is 45.0 Å². The van der Waals surface area contributed by atoms with E-state index in [9.17, 15) is 18.0 Å². The quantitative estimate of drug-likeness (QED) is 0.764. The molecule has 0 fully saturated rings. The Balaban J connectivity index is 2.15. The van der Waals surface area contributed by atoms with Gasteiger partial charge in [-0.25, -0.2) is 9.78 Å². The Labute approximate surface area is 145 Å². The van der Waals surface area contributed by atoms with Crippen molar-refractivity contribution in [2.75, 3.05) is 5.32 Å².